The molecule has 1 atom stereocenters. The molecule has 0 saturated heterocycles. The summed E-state index contributed by atoms with van der Waals surface area (Å²) in [5, 5.41) is 5.46. The van der Waals surface area contributed by atoms with Crippen LogP contribution in [-0.2, 0) is 39.0 Å². The van der Waals surface area contributed by atoms with Crippen LogP contribution < -0.4 is 24.8 Å². The predicted molar refractivity (Wildman–Crippen MR) is 180 cm³/mol. The summed E-state index contributed by atoms with van der Waals surface area (Å²) in [4.78, 5) is 0. The van der Waals surface area contributed by atoms with Gasteiger partial charge >= 0.3 is 26.2 Å². The van der Waals surface area contributed by atoms with E-state index in [9.17, 15) is 0 Å². The second-order valence-electron chi connectivity index (χ2n) is 11.4. The van der Waals surface area contributed by atoms with Gasteiger partial charge in [-0.25, -0.2) is 0 Å². The molecular weight excluding hydrogens is 667 g/mol. The molecule has 1 aliphatic rings. The standard InChI is InChI=1S/C22H20.C20H15.2ClH.Zr/c1-2-18-19-12-6-7-13-21(19)22-17(11-8-14-20(18)22)15-16-9-4-3-5-10-16;1-2-7-15(8-3-1)13-17-10-6-11-18-14-16-9-4-5-12-19(16)20(17)18;;;/h3-14,18H,2,15H2,1H3;1-12,14H,13H2;2*1H;/q;-1;;;+3/p-2. The minimum atomic E-state index is 0. The Balaban J connectivity index is 0.000000193. The van der Waals surface area contributed by atoms with Crippen molar-refractivity contribution < 1.29 is 51.0 Å². The van der Waals surface area contributed by atoms with E-state index in [1.807, 2.05) is 0 Å². The molecule has 0 aliphatic heterocycles. The van der Waals surface area contributed by atoms with E-state index in [0.29, 0.717) is 5.92 Å². The molecule has 1 radical (unpaired) electrons. The average Bonchev–Trinajstić information content (AvgIpc) is 3.59. The molecule has 1 unspecified atom stereocenters. The zero-order chi connectivity index (χ0) is 28.3. The number of hydrogen-bond donors (Lipinski definition) is 0. The number of fused-ring (bicyclic) bond motifs is 6. The molecule has 45 heavy (non-hydrogen) atoms. The van der Waals surface area contributed by atoms with E-state index in [1.54, 1.807) is 0 Å². The van der Waals surface area contributed by atoms with Crippen LogP contribution in [0, 0.1) is 0 Å². The van der Waals surface area contributed by atoms with E-state index in [4.69, 9.17) is 0 Å². The van der Waals surface area contributed by atoms with Crippen molar-refractivity contribution in [2.45, 2.75) is 32.1 Å². The largest absolute Gasteiger partial charge is 3.00 e. The summed E-state index contributed by atoms with van der Waals surface area (Å²) in [5.41, 5.74) is 11.5. The van der Waals surface area contributed by atoms with E-state index in [0.717, 1.165) is 12.8 Å². The third-order valence-electron chi connectivity index (χ3n) is 8.77. The van der Waals surface area contributed by atoms with Crippen LogP contribution in [0.1, 0.15) is 52.6 Å². The summed E-state index contributed by atoms with van der Waals surface area (Å²) >= 11 is 0. The summed E-state index contributed by atoms with van der Waals surface area (Å²) in [6.45, 7) is 2.29. The molecule has 0 N–H and O–H groups in total. The number of halogens is 2. The third kappa shape index (κ3) is 7.08. The first-order chi connectivity index (χ1) is 20.8. The molecule has 0 saturated carbocycles. The molecule has 0 heterocycles. The molecule has 0 amide bonds. The Morgan fingerprint density at radius 1 is 0.511 bits per heavy atom. The van der Waals surface area contributed by atoms with Gasteiger partial charge in [0.05, 0.1) is 0 Å². The van der Waals surface area contributed by atoms with Crippen LogP contribution in [0.5, 0.6) is 0 Å². The minimum Gasteiger partial charge on any atom is -1.00 e. The summed E-state index contributed by atoms with van der Waals surface area (Å²) in [6.07, 6.45) is 3.17. The second-order valence-corrected chi connectivity index (χ2v) is 11.4. The first-order valence-corrected chi connectivity index (χ1v) is 15.1. The molecule has 3 heteroatoms. The number of benzene rings is 6. The van der Waals surface area contributed by atoms with Crippen LogP contribution in [0.4, 0.5) is 0 Å². The maximum absolute atomic E-state index is 2.32. The van der Waals surface area contributed by atoms with Gasteiger partial charge in [-0.1, -0.05) is 146 Å². The van der Waals surface area contributed by atoms with Crippen molar-refractivity contribution in [2.24, 2.45) is 0 Å². The molecule has 0 fully saturated rings. The number of hydrogen-bond acceptors (Lipinski definition) is 0. The molecule has 0 spiro atoms. The molecule has 0 nitrogen and oxygen atoms in total. The van der Waals surface area contributed by atoms with Gasteiger partial charge in [0.2, 0.25) is 0 Å². The summed E-state index contributed by atoms with van der Waals surface area (Å²) < 4.78 is 0. The quantitative estimate of drug-likeness (QED) is 0.219. The minimum absolute atomic E-state index is 0. The van der Waals surface area contributed by atoms with Crippen LogP contribution in [0.15, 0.2) is 152 Å². The van der Waals surface area contributed by atoms with Crippen molar-refractivity contribution in [2.75, 3.05) is 0 Å². The fourth-order valence-corrected chi connectivity index (χ4v) is 6.89. The molecule has 7 aromatic carbocycles. The Hall–Kier alpha value is -3.35. The van der Waals surface area contributed by atoms with Crippen LogP contribution in [0.3, 0.4) is 0 Å². The third-order valence-corrected chi connectivity index (χ3v) is 8.77. The van der Waals surface area contributed by atoms with Crippen molar-refractivity contribution in [1.29, 1.82) is 0 Å². The Bertz CT molecular complexity index is 1980. The Morgan fingerprint density at radius 2 is 1.04 bits per heavy atom. The van der Waals surface area contributed by atoms with Crippen LogP contribution in [0.2, 0.25) is 0 Å². The molecule has 0 aromatic heterocycles. The van der Waals surface area contributed by atoms with Crippen molar-refractivity contribution in [3.05, 3.63) is 185 Å². The van der Waals surface area contributed by atoms with Gasteiger partial charge in [-0.05, 0) is 58.2 Å². The van der Waals surface area contributed by atoms with Crippen LogP contribution in [-0.4, -0.2) is 0 Å². The van der Waals surface area contributed by atoms with Crippen molar-refractivity contribution in [1.82, 2.24) is 0 Å². The van der Waals surface area contributed by atoms with Gasteiger partial charge < -0.3 is 24.8 Å². The zero-order valence-corrected chi connectivity index (χ0v) is 29.4. The normalized spacial score (nSPS) is 12.5. The molecule has 1 aliphatic carbocycles. The molecule has 0 bridgehead atoms. The monoisotopic (exact) mass is 699 g/mol. The van der Waals surface area contributed by atoms with Crippen molar-refractivity contribution in [3.63, 3.8) is 0 Å². The van der Waals surface area contributed by atoms with E-state index in [2.05, 4.69) is 159 Å². The first-order valence-electron chi connectivity index (χ1n) is 15.1. The Labute approximate surface area is 298 Å². The summed E-state index contributed by atoms with van der Waals surface area (Å²) in [6, 6.07) is 54.8. The van der Waals surface area contributed by atoms with Gasteiger partial charge in [0, 0.05) is 5.92 Å². The Kier molecular flexibility index (Phi) is 12.1. The van der Waals surface area contributed by atoms with Gasteiger partial charge in [0.25, 0.3) is 0 Å². The van der Waals surface area contributed by atoms with Crippen molar-refractivity contribution >= 4 is 21.5 Å². The predicted octanol–water partition coefficient (Wildman–Crippen LogP) is 5.11. The van der Waals surface area contributed by atoms with Crippen molar-refractivity contribution in [3.8, 4) is 11.1 Å². The van der Waals surface area contributed by atoms with Crippen LogP contribution >= 0.6 is 0 Å². The number of rotatable bonds is 5. The van der Waals surface area contributed by atoms with Gasteiger partial charge in [0.1, 0.15) is 0 Å². The smallest absolute Gasteiger partial charge is 1.00 e. The topological polar surface area (TPSA) is 0 Å². The molecule has 8 rings (SSSR count). The fourth-order valence-electron chi connectivity index (χ4n) is 6.89. The molecular formula is C42H35Cl2Zr. The van der Waals surface area contributed by atoms with E-state index in [1.165, 1.54) is 72.5 Å². The first kappa shape index (κ1) is 34.5. The fraction of sp³-hybridized carbons (Fsp3) is 0.119. The van der Waals surface area contributed by atoms with E-state index >= 15 is 0 Å². The maximum Gasteiger partial charge on any atom is 3.00 e. The Morgan fingerprint density at radius 3 is 1.76 bits per heavy atom. The SMILES string of the molecule is CCC1c2ccccc2-c2c(Cc3ccccc3)cccc21.[Cl-].[Cl-].[Zr+3].c1ccc(Cc2cccc3[cH-]c4ccccc4c23)cc1. The zero-order valence-electron chi connectivity index (χ0n) is 25.4. The van der Waals surface area contributed by atoms with Crippen LogP contribution in [0.25, 0.3) is 32.7 Å². The van der Waals surface area contributed by atoms with Gasteiger partial charge in [-0.15, -0.1) is 39.7 Å². The van der Waals surface area contributed by atoms with Gasteiger partial charge in [0.15, 0.2) is 0 Å². The average molecular weight is 702 g/mol. The van der Waals surface area contributed by atoms with Gasteiger partial charge in [-0.3, -0.25) is 0 Å². The van der Waals surface area contributed by atoms with Gasteiger partial charge in [-0.2, -0.15) is 0 Å². The maximum atomic E-state index is 2.32. The summed E-state index contributed by atoms with van der Waals surface area (Å²) in [5.74, 6) is 0.557. The molecule has 7 aromatic rings. The summed E-state index contributed by atoms with van der Waals surface area (Å²) in [7, 11) is 0. The van der Waals surface area contributed by atoms with E-state index in [-0.39, 0.29) is 51.0 Å². The molecule has 221 valence electrons. The second kappa shape index (κ2) is 15.8. The van der Waals surface area contributed by atoms with E-state index < -0.39 is 0 Å².